The number of nitrogens with two attached hydrogens (primary N) is 1. The Hall–Kier alpha value is -1.07. The molecule has 0 spiro atoms. The van der Waals surface area contributed by atoms with Gasteiger partial charge in [-0.25, -0.2) is 12.7 Å². The van der Waals surface area contributed by atoms with Crippen molar-refractivity contribution in [3.63, 3.8) is 0 Å². The zero-order chi connectivity index (χ0) is 13.3. The minimum Gasteiger partial charge on any atom is -0.399 e. The first-order chi connectivity index (χ1) is 8.38. The summed E-state index contributed by atoms with van der Waals surface area (Å²) in [6, 6.07) is 6.99. The third-order valence-corrected chi connectivity index (χ3v) is 5.37. The van der Waals surface area contributed by atoms with Gasteiger partial charge >= 0.3 is 0 Å². The van der Waals surface area contributed by atoms with Gasteiger partial charge in [-0.1, -0.05) is 19.1 Å². The van der Waals surface area contributed by atoms with Crippen LogP contribution in [0, 0.1) is 11.8 Å². The van der Waals surface area contributed by atoms with E-state index in [9.17, 15) is 8.42 Å². The molecule has 0 aromatic heterocycles. The van der Waals surface area contributed by atoms with E-state index in [1.54, 1.807) is 31.3 Å². The third kappa shape index (κ3) is 3.23. The molecular weight excluding hydrogens is 248 g/mol. The van der Waals surface area contributed by atoms with Gasteiger partial charge in [0.05, 0.1) is 5.75 Å². The maximum Gasteiger partial charge on any atom is 0.218 e. The Morgan fingerprint density at radius 1 is 1.33 bits per heavy atom. The fourth-order valence-electron chi connectivity index (χ4n) is 2.03. The van der Waals surface area contributed by atoms with Crippen LogP contribution in [0.15, 0.2) is 24.3 Å². The van der Waals surface area contributed by atoms with Crippen LogP contribution >= 0.6 is 0 Å². The summed E-state index contributed by atoms with van der Waals surface area (Å²) in [5.74, 6) is 1.25. The van der Waals surface area contributed by atoms with Crippen LogP contribution in [-0.4, -0.2) is 26.3 Å². The summed E-state index contributed by atoms with van der Waals surface area (Å²) < 4.78 is 25.8. The molecule has 0 radical (unpaired) electrons. The van der Waals surface area contributed by atoms with E-state index in [-0.39, 0.29) is 5.75 Å². The average molecular weight is 268 g/mol. The monoisotopic (exact) mass is 268 g/mol. The Balaban J connectivity index is 1.99. The van der Waals surface area contributed by atoms with Crippen molar-refractivity contribution in [3.05, 3.63) is 29.8 Å². The number of anilines is 1. The molecule has 2 atom stereocenters. The largest absolute Gasteiger partial charge is 0.399 e. The maximum absolute atomic E-state index is 12.1. The van der Waals surface area contributed by atoms with E-state index in [0.29, 0.717) is 24.1 Å². The molecule has 1 aromatic rings. The molecule has 100 valence electrons. The van der Waals surface area contributed by atoms with Gasteiger partial charge in [-0.05, 0) is 36.0 Å². The second-order valence-corrected chi connectivity index (χ2v) is 7.33. The predicted octanol–water partition coefficient (Wildman–Crippen LogP) is 1.69. The van der Waals surface area contributed by atoms with Crippen molar-refractivity contribution < 1.29 is 8.42 Å². The zero-order valence-corrected chi connectivity index (χ0v) is 11.7. The predicted molar refractivity (Wildman–Crippen MR) is 73.4 cm³/mol. The number of rotatable bonds is 5. The number of hydrogen-bond acceptors (Lipinski definition) is 3. The first-order valence-electron chi connectivity index (χ1n) is 6.17. The van der Waals surface area contributed by atoms with Crippen LogP contribution in [-0.2, 0) is 15.8 Å². The Kier molecular flexibility index (Phi) is 3.64. The van der Waals surface area contributed by atoms with Crippen molar-refractivity contribution in [3.8, 4) is 0 Å². The first-order valence-corrected chi connectivity index (χ1v) is 7.78. The molecule has 1 fully saturated rings. The van der Waals surface area contributed by atoms with Gasteiger partial charge in [0.15, 0.2) is 0 Å². The molecule has 0 amide bonds. The van der Waals surface area contributed by atoms with Crippen molar-refractivity contribution in [1.29, 1.82) is 0 Å². The van der Waals surface area contributed by atoms with E-state index in [4.69, 9.17) is 5.73 Å². The van der Waals surface area contributed by atoms with Gasteiger partial charge in [0.1, 0.15) is 0 Å². The smallest absolute Gasteiger partial charge is 0.218 e. The van der Waals surface area contributed by atoms with Crippen molar-refractivity contribution in [2.75, 3.05) is 19.3 Å². The average Bonchev–Trinajstić information content (AvgIpc) is 2.97. The van der Waals surface area contributed by atoms with Gasteiger partial charge in [-0.3, -0.25) is 0 Å². The standard InChI is InChI=1S/C13H20N2O2S/c1-10-7-12(10)8-15(2)18(16,17)9-11-3-5-13(14)6-4-11/h3-6,10,12H,7-9,14H2,1-2H3. The van der Waals surface area contributed by atoms with Gasteiger partial charge in [-0.15, -0.1) is 0 Å². The van der Waals surface area contributed by atoms with Crippen molar-refractivity contribution in [2.45, 2.75) is 19.1 Å². The van der Waals surface area contributed by atoms with Crippen LogP contribution in [0.3, 0.4) is 0 Å². The molecule has 18 heavy (non-hydrogen) atoms. The number of hydrogen-bond donors (Lipinski definition) is 1. The number of sulfonamides is 1. The lowest BCUT2D eigenvalue weighted by molar-refractivity contribution is 0.444. The molecule has 0 saturated heterocycles. The van der Waals surface area contributed by atoms with E-state index in [1.165, 1.54) is 4.31 Å². The number of nitrogen functional groups attached to an aromatic ring is 1. The molecule has 1 aromatic carbocycles. The van der Waals surface area contributed by atoms with Gasteiger partial charge in [-0.2, -0.15) is 0 Å². The summed E-state index contributed by atoms with van der Waals surface area (Å²) in [6.07, 6.45) is 1.14. The maximum atomic E-state index is 12.1. The summed E-state index contributed by atoms with van der Waals surface area (Å²) in [6.45, 7) is 2.80. The normalized spacial score (nSPS) is 23.3. The van der Waals surface area contributed by atoms with Crippen LogP contribution < -0.4 is 5.73 Å². The van der Waals surface area contributed by atoms with Crippen LogP contribution in [0.1, 0.15) is 18.9 Å². The molecule has 1 aliphatic rings. The lowest BCUT2D eigenvalue weighted by Crippen LogP contribution is -2.30. The topological polar surface area (TPSA) is 63.4 Å². The quantitative estimate of drug-likeness (QED) is 0.826. The molecule has 4 nitrogen and oxygen atoms in total. The van der Waals surface area contributed by atoms with E-state index in [0.717, 1.165) is 12.0 Å². The molecule has 5 heteroatoms. The molecule has 2 unspecified atom stereocenters. The van der Waals surface area contributed by atoms with Crippen molar-refractivity contribution >= 4 is 15.7 Å². The fourth-order valence-corrected chi connectivity index (χ4v) is 3.28. The molecule has 1 aliphatic carbocycles. The number of benzene rings is 1. The van der Waals surface area contributed by atoms with Crippen LogP contribution in [0.5, 0.6) is 0 Å². The van der Waals surface area contributed by atoms with E-state index >= 15 is 0 Å². The highest BCUT2D eigenvalue weighted by molar-refractivity contribution is 7.88. The van der Waals surface area contributed by atoms with Gasteiger partial charge in [0.25, 0.3) is 0 Å². The van der Waals surface area contributed by atoms with Gasteiger partial charge in [0.2, 0.25) is 10.0 Å². The molecule has 0 bridgehead atoms. The van der Waals surface area contributed by atoms with Crippen molar-refractivity contribution in [1.82, 2.24) is 4.31 Å². The fraction of sp³-hybridized carbons (Fsp3) is 0.538. The molecule has 2 N–H and O–H groups in total. The van der Waals surface area contributed by atoms with Gasteiger partial charge < -0.3 is 5.73 Å². The van der Waals surface area contributed by atoms with Crippen LogP contribution in [0.4, 0.5) is 5.69 Å². The molecular formula is C13H20N2O2S. The Bertz CT molecular complexity index is 510. The SMILES string of the molecule is CC1CC1CN(C)S(=O)(=O)Cc1ccc(N)cc1. The Labute approximate surface area is 109 Å². The summed E-state index contributed by atoms with van der Waals surface area (Å²) in [7, 11) is -1.55. The third-order valence-electron chi connectivity index (χ3n) is 3.57. The summed E-state index contributed by atoms with van der Waals surface area (Å²) in [4.78, 5) is 0. The lowest BCUT2D eigenvalue weighted by Gasteiger charge is -2.17. The van der Waals surface area contributed by atoms with Crippen molar-refractivity contribution in [2.24, 2.45) is 11.8 Å². The minimum atomic E-state index is -3.21. The highest BCUT2D eigenvalue weighted by Gasteiger charge is 2.35. The second kappa shape index (κ2) is 4.90. The van der Waals surface area contributed by atoms with Crippen LogP contribution in [0.2, 0.25) is 0 Å². The summed E-state index contributed by atoms with van der Waals surface area (Å²) in [5, 5.41) is 0. The molecule has 0 aliphatic heterocycles. The van der Waals surface area contributed by atoms with Gasteiger partial charge in [0, 0.05) is 19.3 Å². The molecule has 0 heterocycles. The van der Waals surface area contributed by atoms with E-state index in [2.05, 4.69) is 6.92 Å². The molecule has 1 saturated carbocycles. The first kappa shape index (κ1) is 13.4. The Morgan fingerprint density at radius 3 is 2.39 bits per heavy atom. The lowest BCUT2D eigenvalue weighted by atomic mass is 10.2. The number of nitrogens with zero attached hydrogens (tertiary/aromatic N) is 1. The zero-order valence-electron chi connectivity index (χ0n) is 10.8. The molecule has 2 rings (SSSR count). The van der Waals surface area contributed by atoms with E-state index < -0.39 is 10.0 Å². The Morgan fingerprint density at radius 2 is 1.89 bits per heavy atom. The van der Waals surface area contributed by atoms with E-state index in [1.807, 2.05) is 0 Å². The highest BCUT2D eigenvalue weighted by Crippen LogP contribution is 2.38. The van der Waals surface area contributed by atoms with Crippen LogP contribution in [0.25, 0.3) is 0 Å². The summed E-state index contributed by atoms with van der Waals surface area (Å²) >= 11 is 0. The summed E-state index contributed by atoms with van der Waals surface area (Å²) in [5.41, 5.74) is 7.01. The second-order valence-electron chi connectivity index (χ2n) is 5.25. The minimum absolute atomic E-state index is 0.0465. The highest BCUT2D eigenvalue weighted by atomic mass is 32.2.